The zero-order valence-electron chi connectivity index (χ0n) is 49.8. The molecule has 0 aliphatic rings. The molecule has 0 aromatic rings. The van der Waals surface area contributed by atoms with E-state index < -0.39 is 32.5 Å². The lowest BCUT2D eigenvalue weighted by atomic mass is 10.0. The van der Waals surface area contributed by atoms with E-state index in [2.05, 4.69) is 19.2 Å². The van der Waals surface area contributed by atoms with Crippen LogP contribution in [-0.4, -0.2) is 161 Å². The number of hydrogen-bond donors (Lipinski definition) is 2. The average Bonchev–Trinajstić information content (AvgIpc) is 3.43. The summed E-state index contributed by atoms with van der Waals surface area (Å²) < 4.78 is 77.1. The van der Waals surface area contributed by atoms with Crippen molar-refractivity contribution in [3.8, 4) is 0 Å². The number of carbonyl (C=O) groups excluding carboxylic acids is 3. The van der Waals surface area contributed by atoms with E-state index >= 15 is 0 Å². The van der Waals surface area contributed by atoms with Crippen molar-refractivity contribution in [1.29, 1.82) is 0 Å². The van der Waals surface area contributed by atoms with Gasteiger partial charge in [0.2, 0.25) is 5.91 Å². The highest BCUT2D eigenvalue weighted by molar-refractivity contribution is 7.47. The topological polar surface area (TPSA) is 211 Å². The predicted molar refractivity (Wildman–Crippen MR) is 307 cm³/mol. The zero-order valence-corrected chi connectivity index (χ0v) is 50.7. The van der Waals surface area contributed by atoms with Crippen molar-refractivity contribution in [1.82, 2.24) is 5.32 Å². The molecule has 464 valence electrons. The van der Waals surface area contributed by atoms with Crippen molar-refractivity contribution in [2.45, 2.75) is 232 Å². The zero-order chi connectivity index (χ0) is 56.8. The molecule has 19 heteroatoms. The number of phosphoric ester groups is 1. The molecule has 1 amide bonds. The molecule has 1 unspecified atom stereocenters. The monoisotopic (exact) mass is 1140 g/mol. The van der Waals surface area contributed by atoms with Gasteiger partial charge in [0.15, 0.2) is 6.10 Å². The highest BCUT2D eigenvalue weighted by Gasteiger charge is 2.26. The molecule has 0 saturated heterocycles. The number of hydrogen-bond acceptors (Lipinski definition) is 16. The Bertz CT molecular complexity index is 1320. The number of esters is 2. The Morgan fingerprint density at radius 1 is 0.385 bits per heavy atom. The van der Waals surface area contributed by atoms with Crippen LogP contribution in [0.3, 0.4) is 0 Å². The summed E-state index contributed by atoms with van der Waals surface area (Å²) in [6.07, 6.45) is 36.0. The summed E-state index contributed by atoms with van der Waals surface area (Å²) in [5.74, 6) is -1.23. The van der Waals surface area contributed by atoms with Crippen LogP contribution in [0.2, 0.25) is 0 Å². The third kappa shape index (κ3) is 61.8. The maximum absolute atomic E-state index is 12.9. The molecule has 2 atom stereocenters. The van der Waals surface area contributed by atoms with Crippen LogP contribution in [-0.2, 0) is 75.4 Å². The Labute approximate surface area is 474 Å². The number of phosphoric acid groups is 1. The molecule has 0 aliphatic heterocycles. The van der Waals surface area contributed by atoms with Gasteiger partial charge in [-0.3, -0.25) is 23.4 Å². The number of amides is 1. The molecule has 0 rings (SSSR count). The minimum Gasteiger partial charge on any atom is -0.462 e. The lowest BCUT2D eigenvalue weighted by Crippen LogP contribution is -2.30. The van der Waals surface area contributed by atoms with Gasteiger partial charge in [0.25, 0.3) is 0 Å². The van der Waals surface area contributed by atoms with Gasteiger partial charge in [-0.05, 0) is 12.8 Å². The second-order valence-electron chi connectivity index (χ2n) is 20.2. The summed E-state index contributed by atoms with van der Waals surface area (Å²) in [5.41, 5.74) is 0. The lowest BCUT2D eigenvalue weighted by Gasteiger charge is -2.20. The smallest absolute Gasteiger partial charge is 0.462 e. The van der Waals surface area contributed by atoms with Crippen molar-refractivity contribution in [2.24, 2.45) is 0 Å². The fraction of sp³-hybridized carbons (Fsp3) is 0.949. The van der Waals surface area contributed by atoms with E-state index in [1.807, 2.05) is 0 Å². The van der Waals surface area contributed by atoms with Gasteiger partial charge in [0, 0.05) is 32.9 Å². The van der Waals surface area contributed by atoms with Crippen molar-refractivity contribution >= 4 is 25.7 Å². The Kier molecular flexibility index (Phi) is 61.3. The van der Waals surface area contributed by atoms with Gasteiger partial charge in [-0.25, -0.2) is 4.57 Å². The van der Waals surface area contributed by atoms with Crippen molar-refractivity contribution in [2.75, 3.05) is 133 Å². The Morgan fingerprint density at radius 3 is 1.06 bits per heavy atom. The van der Waals surface area contributed by atoms with Gasteiger partial charge in [-0.1, -0.05) is 194 Å². The molecule has 0 aromatic heterocycles. The highest BCUT2D eigenvalue weighted by Crippen LogP contribution is 2.43. The summed E-state index contributed by atoms with van der Waals surface area (Å²) in [7, 11) is -2.97. The molecular formula is C59H116NO17P. The van der Waals surface area contributed by atoms with Crippen LogP contribution in [0.1, 0.15) is 226 Å². The number of ether oxygens (including phenoxy) is 10. The summed E-state index contributed by atoms with van der Waals surface area (Å²) in [4.78, 5) is 48.2. The van der Waals surface area contributed by atoms with Gasteiger partial charge in [0.05, 0.1) is 112 Å². The summed E-state index contributed by atoms with van der Waals surface area (Å²) in [5, 5.41) is 2.61. The van der Waals surface area contributed by atoms with E-state index in [9.17, 15) is 23.8 Å². The molecule has 0 radical (unpaired) electrons. The second-order valence-corrected chi connectivity index (χ2v) is 21.6. The molecule has 2 N–H and O–H groups in total. The van der Waals surface area contributed by atoms with Crippen molar-refractivity contribution in [3.05, 3.63) is 0 Å². The third-order valence-corrected chi connectivity index (χ3v) is 13.9. The second kappa shape index (κ2) is 62.8. The summed E-state index contributed by atoms with van der Waals surface area (Å²) in [6.45, 7) is 9.90. The Morgan fingerprint density at radius 2 is 0.705 bits per heavy atom. The van der Waals surface area contributed by atoms with E-state index in [-0.39, 0.29) is 51.5 Å². The first kappa shape index (κ1) is 76.2. The number of rotatable bonds is 66. The molecular weight excluding hydrogens is 1030 g/mol. The van der Waals surface area contributed by atoms with Crippen LogP contribution in [0, 0.1) is 0 Å². The minimum absolute atomic E-state index is 0.0498. The Hall–Kier alpha value is -1.80. The summed E-state index contributed by atoms with van der Waals surface area (Å²) in [6, 6.07) is 0. The molecule has 0 bridgehead atoms. The molecule has 0 spiro atoms. The van der Waals surface area contributed by atoms with Crippen LogP contribution in [0.15, 0.2) is 0 Å². The average molecular weight is 1140 g/mol. The van der Waals surface area contributed by atoms with Crippen LogP contribution >= 0.6 is 7.82 Å². The first-order chi connectivity index (χ1) is 38.2. The quantitative estimate of drug-likeness (QED) is 0.0329. The molecule has 0 aliphatic carbocycles. The first-order valence-corrected chi connectivity index (χ1v) is 32.5. The van der Waals surface area contributed by atoms with Gasteiger partial charge < -0.3 is 57.6 Å². The Balaban J connectivity index is 4.32. The minimum atomic E-state index is -4.61. The van der Waals surface area contributed by atoms with E-state index in [1.54, 1.807) is 7.11 Å². The number of methoxy groups -OCH3 is 1. The van der Waals surface area contributed by atoms with E-state index in [4.69, 9.17) is 56.4 Å². The largest absolute Gasteiger partial charge is 0.472 e. The fourth-order valence-corrected chi connectivity index (χ4v) is 9.03. The molecule has 18 nitrogen and oxygen atoms in total. The van der Waals surface area contributed by atoms with E-state index in [1.165, 1.54) is 141 Å². The number of carbonyl (C=O) groups is 3. The molecule has 0 aromatic carbocycles. The normalized spacial score (nSPS) is 12.7. The fourth-order valence-electron chi connectivity index (χ4n) is 8.28. The van der Waals surface area contributed by atoms with Gasteiger partial charge >= 0.3 is 19.8 Å². The number of nitrogens with one attached hydrogen (secondary N) is 1. The lowest BCUT2D eigenvalue weighted by molar-refractivity contribution is -0.161. The van der Waals surface area contributed by atoms with Gasteiger partial charge in [-0.2, -0.15) is 0 Å². The van der Waals surface area contributed by atoms with Crippen molar-refractivity contribution < 1.29 is 80.3 Å². The van der Waals surface area contributed by atoms with Gasteiger partial charge in [-0.15, -0.1) is 0 Å². The maximum Gasteiger partial charge on any atom is 0.472 e. The standard InChI is InChI=1S/C59H116NO17P/c1-4-6-8-10-12-14-16-18-20-22-24-26-28-30-32-34-58(62)74-54-56(77-59(63)35-33-31-29-27-25-23-21-19-17-15-13-11-9-7-5-2)55-76-78(64,65)75-39-37-60-57(61)36-38-67-42-43-69-46-47-71-50-51-73-53-52-72-49-48-70-45-44-68-41-40-66-3/h56H,4-55H2,1-3H3,(H,60,61)(H,64,65)/t56-/m1/s1. The third-order valence-electron chi connectivity index (χ3n) is 12.9. The van der Waals surface area contributed by atoms with E-state index in [0.29, 0.717) is 105 Å². The molecule has 0 heterocycles. The highest BCUT2D eigenvalue weighted by atomic mass is 31.2. The first-order valence-electron chi connectivity index (χ1n) is 31.0. The van der Waals surface area contributed by atoms with Crippen LogP contribution < -0.4 is 5.32 Å². The van der Waals surface area contributed by atoms with Crippen LogP contribution in [0.5, 0.6) is 0 Å². The molecule has 0 fully saturated rings. The summed E-state index contributed by atoms with van der Waals surface area (Å²) >= 11 is 0. The predicted octanol–water partition coefficient (Wildman–Crippen LogP) is 12.4. The van der Waals surface area contributed by atoms with Crippen LogP contribution in [0.4, 0.5) is 0 Å². The molecule has 78 heavy (non-hydrogen) atoms. The molecule has 0 saturated carbocycles. The van der Waals surface area contributed by atoms with Crippen molar-refractivity contribution in [3.63, 3.8) is 0 Å². The van der Waals surface area contributed by atoms with Gasteiger partial charge in [0.1, 0.15) is 6.61 Å². The number of unbranched alkanes of at least 4 members (excludes halogenated alkanes) is 28. The maximum atomic E-state index is 12.9. The van der Waals surface area contributed by atoms with Crippen LogP contribution in [0.25, 0.3) is 0 Å². The van der Waals surface area contributed by atoms with E-state index in [0.717, 1.165) is 38.5 Å². The SMILES string of the molecule is CCCCCCCCCCCCCCCCCC(=O)OC[C@H](COP(=O)(O)OCCNC(=O)CCOCCOCCOCCOCCOCCOCCOCCOC)OC(=O)CCCCCCCCCCCCCCCCC.